The highest BCUT2D eigenvalue weighted by atomic mass is 35.5. The standard InChI is InChI=1S/C15H17ClN4O/c1-10(14-4-2-3-7-18-14)19-9-12-6-5-11(8-13(12)16)15(17)20-21/h2-8,10,19,21H,9H2,1H3,(H2,17,20). The molecule has 4 N–H and O–H groups in total. The van der Waals surface area contributed by atoms with Crippen molar-refractivity contribution in [1.82, 2.24) is 10.3 Å². The van der Waals surface area contributed by atoms with Crippen LogP contribution in [0.15, 0.2) is 47.8 Å². The fourth-order valence-electron chi connectivity index (χ4n) is 1.91. The molecule has 0 bridgehead atoms. The molecule has 0 aliphatic carbocycles. The molecule has 1 aromatic heterocycles. The number of rotatable bonds is 5. The maximum atomic E-state index is 8.65. The average Bonchev–Trinajstić information content (AvgIpc) is 2.53. The number of hydrogen-bond acceptors (Lipinski definition) is 4. The van der Waals surface area contributed by atoms with Gasteiger partial charge in [0.05, 0.1) is 5.69 Å². The van der Waals surface area contributed by atoms with Crippen LogP contribution in [0, 0.1) is 0 Å². The summed E-state index contributed by atoms with van der Waals surface area (Å²) in [4.78, 5) is 4.31. The summed E-state index contributed by atoms with van der Waals surface area (Å²) in [5.41, 5.74) is 8.03. The van der Waals surface area contributed by atoms with Gasteiger partial charge in [-0.3, -0.25) is 4.98 Å². The molecule has 0 saturated carbocycles. The maximum absolute atomic E-state index is 8.65. The molecule has 0 aliphatic rings. The van der Waals surface area contributed by atoms with E-state index in [9.17, 15) is 0 Å². The number of aromatic nitrogens is 1. The maximum Gasteiger partial charge on any atom is 0.170 e. The first-order chi connectivity index (χ1) is 10.1. The fraction of sp³-hybridized carbons (Fsp3) is 0.200. The Morgan fingerprint density at radius 2 is 2.24 bits per heavy atom. The lowest BCUT2D eigenvalue weighted by molar-refractivity contribution is 0.318. The van der Waals surface area contributed by atoms with Gasteiger partial charge in [-0.1, -0.05) is 35.0 Å². The van der Waals surface area contributed by atoms with Gasteiger partial charge >= 0.3 is 0 Å². The molecular weight excluding hydrogens is 288 g/mol. The summed E-state index contributed by atoms with van der Waals surface area (Å²) in [6.45, 7) is 2.65. The number of benzene rings is 1. The Morgan fingerprint density at radius 3 is 2.86 bits per heavy atom. The molecule has 21 heavy (non-hydrogen) atoms. The van der Waals surface area contributed by atoms with Gasteiger partial charge in [0.15, 0.2) is 5.84 Å². The van der Waals surface area contributed by atoms with Gasteiger partial charge in [-0.25, -0.2) is 0 Å². The zero-order valence-electron chi connectivity index (χ0n) is 11.6. The highest BCUT2D eigenvalue weighted by Crippen LogP contribution is 2.19. The summed E-state index contributed by atoms with van der Waals surface area (Å²) in [6, 6.07) is 11.2. The van der Waals surface area contributed by atoms with E-state index in [2.05, 4.69) is 15.5 Å². The second kappa shape index (κ2) is 7.06. The van der Waals surface area contributed by atoms with Crippen molar-refractivity contribution in [3.05, 3.63) is 64.4 Å². The van der Waals surface area contributed by atoms with Crippen molar-refractivity contribution in [2.24, 2.45) is 10.9 Å². The highest BCUT2D eigenvalue weighted by Gasteiger charge is 2.08. The molecule has 0 saturated heterocycles. The second-order valence-electron chi connectivity index (χ2n) is 4.65. The van der Waals surface area contributed by atoms with Gasteiger partial charge in [-0.15, -0.1) is 0 Å². The van der Waals surface area contributed by atoms with Crippen molar-refractivity contribution in [1.29, 1.82) is 0 Å². The third kappa shape index (κ3) is 3.93. The first-order valence-corrected chi connectivity index (χ1v) is 6.90. The molecule has 5 nitrogen and oxygen atoms in total. The minimum absolute atomic E-state index is 0.0401. The van der Waals surface area contributed by atoms with E-state index in [1.54, 1.807) is 18.3 Å². The third-order valence-corrected chi connectivity index (χ3v) is 3.54. The van der Waals surface area contributed by atoms with E-state index in [1.807, 2.05) is 31.2 Å². The van der Waals surface area contributed by atoms with Crippen LogP contribution in [0.25, 0.3) is 0 Å². The Labute approximate surface area is 128 Å². The van der Waals surface area contributed by atoms with Crippen molar-refractivity contribution < 1.29 is 5.21 Å². The number of nitrogens with one attached hydrogen (secondary N) is 1. The summed E-state index contributed by atoms with van der Waals surface area (Å²) in [7, 11) is 0. The molecule has 1 unspecified atom stereocenters. The number of oxime groups is 1. The molecule has 1 heterocycles. The molecular formula is C15H17ClN4O. The van der Waals surface area contributed by atoms with Crippen molar-refractivity contribution >= 4 is 17.4 Å². The van der Waals surface area contributed by atoms with E-state index in [-0.39, 0.29) is 11.9 Å². The van der Waals surface area contributed by atoms with E-state index in [0.717, 1.165) is 11.3 Å². The van der Waals surface area contributed by atoms with Gasteiger partial charge in [-0.05, 0) is 30.7 Å². The van der Waals surface area contributed by atoms with Crippen LogP contribution in [-0.4, -0.2) is 16.0 Å². The summed E-state index contributed by atoms with van der Waals surface area (Å²) < 4.78 is 0. The molecule has 1 atom stereocenters. The predicted octanol–water partition coefficient (Wildman–Crippen LogP) is 2.68. The Balaban J connectivity index is 2.04. The van der Waals surface area contributed by atoms with Gasteiger partial charge in [0.1, 0.15) is 0 Å². The van der Waals surface area contributed by atoms with Crippen molar-refractivity contribution in [2.45, 2.75) is 19.5 Å². The molecule has 0 amide bonds. The molecule has 0 radical (unpaired) electrons. The molecule has 110 valence electrons. The molecule has 0 spiro atoms. The largest absolute Gasteiger partial charge is 0.409 e. The minimum atomic E-state index is 0.0401. The number of nitrogens with two attached hydrogens (primary N) is 1. The number of nitrogens with zero attached hydrogens (tertiary/aromatic N) is 2. The summed E-state index contributed by atoms with van der Waals surface area (Å²) >= 11 is 6.21. The molecule has 2 rings (SSSR count). The van der Waals surface area contributed by atoms with Crippen LogP contribution in [0.5, 0.6) is 0 Å². The number of hydrogen-bond donors (Lipinski definition) is 3. The minimum Gasteiger partial charge on any atom is -0.409 e. The van der Waals surface area contributed by atoms with Crippen LogP contribution >= 0.6 is 11.6 Å². The van der Waals surface area contributed by atoms with Gasteiger partial charge in [0.25, 0.3) is 0 Å². The zero-order chi connectivity index (χ0) is 15.2. The first-order valence-electron chi connectivity index (χ1n) is 6.52. The quantitative estimate of drug-likeness (QED) is 0.343. The molecule has 0 aliphatic heterocycles. The summed E-state index contributed by atoms with van der Waals surface area (Å²) in [5.74, 6) is 0.0401. The van der Waals surface area contributed by atoms with Crippen LogP contribution in [0.2, 0.25) is 5.02 Å². The fourth-order valence-corrected chi connectivity index (χ4v) is 2.15. The van der Waals surface area contributed by atoms with E-state index < -0.39 is 0 Å². The van der Waals surface area contributed by atoms with Crippen molar-refractivity contribution in [3.8, 4) is 0 Å². The van der Waals surface area contributed by atoms with E-state index in [1.165, 1.54) is 0 Å². The highest BCUT2D eigenvalue weighted by molar-refractivity contribution is 6.31. The lowest BCUT2D eigenvalue weighted by Gasteiger charge is -2.14. The summed E-state index contributed by atoms with van der Waals surface area (Å²) in [5, 5.41) is 15.5. The predicted molar refractivity (Wildman–Crippen MR) is 83.5 cm³/mol. The van der Waals surface area contributed by atoms with Gasteiger partial charge in [0.2, 0.25) is 0 Å². The smallest absolute Gasteiger partial charge is 0.170 e. The molecule has 6 heteroatoms. The average molecular weight is 305 g/mol. The van der Waals surface area contributed by atoms with Crippen LogP contribution in [-0.2, 0) is 6.54 Å². The SMILES string of the molecule is CC(NCc1ccc(/C(N)=N/O)cc1Cl)c1ccccn1. The Bertz CT molecular complexity index is 631. The molecule has 1 aromatic carbocycles. The van der Waals surface area contributed by atoms with Gasteiger partial charge < -0.3 is 16.3 Å². The van der Waals surface area contributed by atoms with E-state index >= 15 is 0 Å². The van der Waals surface area contributed by atoms with Gasteiger partial charge in [0, 0.05) is 29.4 Å². The van der Waals surface area contributed by atoms with Crippen LogP contribution < -0.4 is 11.1 Å². The normalized spacial score (nSPS) is 13.1. The molecule has 2 aromatic rings. The van der Waals surface area contributed by atoms with E-state index in [4.69, 9.17) is 22.5 Å². The van der Waals surface area contributed by atoms with Crippen LogP contribution in [0.4, 0.5) is 0 Å². The second-order valence-corrected chi connectivity index (χ2v) is 5.06. The lowest BCUT2D eigenvalue weighted by atomic mass is 10.1. The lowest BCUT2D eigenvalue weighted by Crippen LogP contribution is -2.19. The Kier molecular flexibility index (Phi) is 5.14. The van der Waals surface area contributed by atoms with E-state index in [0.29, 0.717) is 17.1 Å². The third-order valence-electron chi connectivity index (χ3n) is 3.19. The Hall–Kier alpha value is -2.11. The first kappa shape index (κ1) is 15.3. The summed E-state index contributed by atoms with van der Waals surface area (Å²) in [6.07, 6.45) is 1.77. The van der Waals surface area contributed by atoms with Crippen molar-refractivity contribution in [2.75, 3.05) is 0 Å². The topological polar surface area (TPSA) is 83.5 Å². The van der Waals surface area contributed by atoms with Crippen LogP contribution in [0.3, 0.4) is 0 Å². The monoisotopic (exact) mass is 304 g/mol. The number of amidine groups is 1. The molecule has 0 fully saturated rings. The Morgan fingerprint density at radius 1 is 1.43 bits per heavy atom. The number of pyridine rings is 1. The number of halogens is 1. The zero-order valence-corrected chi connectivity index (χ0v) is 12.4. The van der Waals surface area contributed by atoms with Crippen molar-refractivity contribution in [3.63, 3.8) is 0 Å². The van der Waals surface area contributed by atoms with Gasteiger partial charge in [-0.2, -0.15) is 0 Å². The van der Waals surface area contributed by atoms with Crippen LogP contribution in [0.1, 0.15) is 29.8 Å².